The Balaban J connectivity index is 2.28. The quantitative estimate of drug-likeness (QED) is 0.657. The second kappa shape index (κ2) is 3.86. The normalized spacial score (nSPS) is 10.9. The molecule has 0 spiro atoms. The Kier molecular flexibility index (Phi) is 2.34. The van der Waals surface area contributed by atoms with Crippen molar-refractivity contribution in [1.82, 2.24) is 14.5 Å². The molecule has 0 atom stereocenters. The van der Waals surface area contributed by atoms with Crippen LogP contribution in [0.2, 0.25) is 5.02 Å². The number of hydrogen-bond acceptors (Lipinski definition) is 2. The molecule has 84 valence electrons. The number of pyridine rings is 1. The number of hydrogen-bond donors (Lipinski definition) is 0. The number of benzene rings is 1. The van der Waals surface area contributed by atoms with Crippen LogP contribution in [0.4, 0.5) is 0 Å². The molecular formula is C13H10ClN3. The lowest BCUT2D eigenvalue weighted by atomic mass is 10.3. The van der Waals surface area contributed by atoms with Gasteiger partial charge in [0.2, 0.25) is 0 Å². The Hall–Kier alpha value is -1.87. The zero-order chi connectivity index (χ0) is 11.8. The van der Waals surface area contributed by atoms with E-state index in [0.717, 1.165) is 27.4 Å². The Morgan fingerprint density at radius 3 is 2.88 bits per heavy atom. The average molecular weight is 244 g/mol. The first-order valence-electron chi connectivity index (χ1n) is 5.28. The molecule has 0 bridgehead atoms. The molecule has 2 aromatic heterocycles. The summed E-state index contributed by atoms with van der Waals surface area (Å²) in [5, 5.41) is 0.721. The van der Waals surface area contributed by atoms with Crippen molar-refractivity contribution in [2.45, 2.75) is 0 Å². The highest BCUT2D eigenvalue weighted by atomic mass is 35.5. The van der Waals surface area contributed by atoms with Crippen molar-refractivity contribution in [3.05, 3.63) is 47.7 Å². The van der Waals surface area contributed by atoms with E-state index >= 15 is 0 Å². The molecule has 0 N–H and O–H groups in total. The highest BCUT2D eigenvalue weighted by molar-refractivity contribution is 6.31. The molecule has 3 aromatic rings. The Morgan fingerprint density at radius 2 is 2.12 bits per heavy atom. The van der Waals surface area contributed by atoms with E-state index in [1.807, 2.05) is 48.1 Å². The van der Waals surface area contributed by atoms with Crippen LogP contribution in [-0.4, -0.2) is 14.5 Å². The standard InChI is InChI=1S/C13H10ClN3/c1-17-12-7-10(14)4-5-11(12)16-13(17)9-3-2-6-15-8-9/h2-8H,1H3. The molecule has 17 heavy (non-hydrogen) atoms. The van der Waals surface area contributed by atoms with E-state index in [1.165, 1.54) is 0 Å². The SMILES string of the molecule is Cn1c(-c2cccnc2)nc2ccc(Cl)cc21. The first-order chi connectivity index (χ1) is 8.25. The summed E-state index contributed by atoms with van der Waals surface area (Å²) in [5.74, 6) is 0.898. The summed E-state index contributed by atoms with van der Waals surface area (Å²) in [7, 11) is 1.98. The zero-order valence-corrected chi connectivity index (χ0v) is 10.0. The largest absolute Gasteiger partial charge is 0.327 e. The predicted molar refractivity (Wildman–Crippen MR) is 69.0 cm³/mol. The summed E-state index contributed by atoms with van der Waals surface area (Å²) < 4.78 is 2.03. The number of aromatic nitrogens is 3. The Bertz CT molecular complexity index is 674. The Labute approximate surface area is 104 Å². The van der Waals surface area contributed by atoms with Gasteiger partial charge in [-0.2, -0.15) is 0 Å². The fourth-order valence-electron chi connectivity index (χ4n) is 1.92. The van der Waals surface area contributed by atoms with Gasteiger partial charge in [-0.1, -0.05) is 11.6 Å². The van der Waals surface area contributed by atoms with E-state index in [2.05, 4.69) is 9.97 Å². The van der Waals surface area contributed by atoms with Crippen LogP contribution in [-0.2, 0) is 7.05 Å². The minimum Gasteiger partial charge on any atom is -0.327 e. The monoisotopic (exact) mass is 243 g/mol. The third-order valence-electron chi connectivity index (χ3n) is 2.76. The van der Waals surface area contributed by atoms with Crippen LogP contribution >= 0.6 is 11.6 Å². The zero-order valence-electron chi connectivity index (χ0n) is 9.26. The van der Waals surface area contributed by atoms with E-state index in [4.69, 9.17) is 11.6 Å². The fourth-order valence-corrected chi connectivity index (χ4v) is 2.08. The van der Waals surface area contributed by atoms with Gasteiger partial charge in [0.05, 0.1) is 11.0 Å². The van der Waals surface area contributed by atoms with Crippen LogP contribution in [0, 0.1) is 0 Å². The third-order valence-corrected chi connectivity index (χ3v) is 3.00. The van der Waals surface area contributed by atoms with Gasteiger partial charge in [-0.3, -0.25) is 4.98 Å². The molecule has 0 radical (unpaired) electrons. The van der Waals surface area contributed by atoms with Crippen LogP contribution in [0.5, 0.6) is 0 Å². The van der Waals surface area contributed by atoms with Gasteiger partial charge < -0.3 is 4.57 Å². The van der Waals surface area contributed by atoms with Gasteiger partial charge in [-0.05, 0) is 30.3 Å². The van der Waals surface area contributed by atoms with Crippen molar-refractivity contribution >= 4 is 22.6 Å². The average Bonchev–Trinajstić information content (AvgIpc) is 2.68. The van der Waals surface area contributed by atoms with Gasteiger partial charge in [0.15, 0.2) is 0 Å². The van der Waals surface area contributed by atoms with Gasteiger partial charge in [0, 0.05) is 30.0 Å². The molecule has 0 saturated carbocycles. The first-order valence-corrected chi connectivity index (χ1v) is 5.66. The van der Waals surface area contributed by atoms with Crippen LogP contribution in [0.1, 0.15) is 0 Å². The summed E-state index contributed by atoms with van der Waals surface area (Å²) in [4.78, 5) is 8.70. The minimum atomic E-state index is 0.721. The van der Waals surface area contributed by atoms with Crippen LogP contribution in [0.15, 0.2) is 42.7 Å². The molecule has 0 aliphatic carbocycles. The first kappa shape index (κ1) is 10.3. The number of aryl methyl sites for hydroxylation is 1. The molecular weight excluding hydrogens is 234 g/mol. The van der Waals surface area contributed by atoms with Crippen molar-refractivity contribution < 1.29 is 0 Å². The van der Waals surface area contributed by atoms with Crippen LogP contribution in [0.3, 0.4) is 0 Å². The summed E-state index contributed by atoms with van der Waals surface area (Å²) in [6.07, 6.45) is 3.56. The molecule has 0 fully saturated rings. The predicted octanol–water partition coefficient (Wildman–Crippen LogP) is 3.29. The molecule has 2 heterocycles. The van der Waals surface area contributed by atoms with Crippen molar-refractivity contribution in [3.8, 4) is 11.4 Å². The smallest absolute Gasteiger partial charge is 0.142 e. The molecule has 0 unspecified atom stereocenters. The number of rotatable bonds is 1. The maximum absolute atomic E-state index is 5.99. The maximum Gasteiger partial charge on any atom is 0.142 e. The van der Waals surface area contributed by atoms with Gasteiger partial charge in [0.25, 0.3) is 0 Å². The van der Waals surface area contributed by atoms with E-state index in [0.29, 0.717) is 0 Å². The molecule has 1 aromatic carbocycles. The second-order valence-corrected chi connectivity index (χ2v) is 4.31. The lowest BCUT2D eigenvalue weighted by molar-refractivity contribution is 0.957. The van der Waals surface area contributed by atoms with E-state index in [1.54, 1.807) is 6.20 Å². The lowest BCUT2D eigenvalue weighted by Gasteiger charge is -2.01. The highest BCUT2D eigenvalue weighted by Gasteiger charge is 2.09. The van der Waals surface area contributed by atoms with Crippen molar-refractivity contribution in [2.24, 2.45) is 7.05 Å². The van der Waals surface area contributed by atoms with Gasteiger partial charge in [-0.15, -0.1) is 0 Å². The van der Waals surface area contributed by atoms with Crippen LogP contribution in [0.25, 0.3) is 22.4 Å². The van der Waals surface area contributed by atoms with E-state index < -0.39 is 0 Å². The van der Waals surface area contributed by atoms with E-state index in [9.17, 15) is 0 Å². The molecule has 0 saturated heterocycles. The van der Waals surface area contributed by atoms with Crippen molar-refractivity contribution in [1.29, 1.82) is 0 Å². The number of imidazole rings is 1. The topological polar surface area (TPSA) is 30.7 Å². The molecule has 0 aliphatic heterocycles. The number of nitrogens with zero attached hydrogens (tertiary/aromatic N) is 3. The molecule has 3 nitrogen and oxygen atoms in total. The molecule has 0 aliphatic rings. The fraction of sp³-hybridized carbons (Fsp3) is 0.0769. The molecule has 0 amide bonds. The molecule has 4 heteroatoms. The summed E-state index contributed by atoms with van der Waals surface area (Å²) in [6, 6.07) is 9.60. The molecule has 3 rings (SSSR count). The van der Waals surface area contributed by atoms with E-state index in [-0.39, 0.29) is 0 Å². The summed E-state index contributed by atoms with van der Waals surface area (Å²) in [5.41, 5.74) is 2.97. The van der Waals surface area contributed by atoms with Gasteiger partial charge >= 0.3 is 0 Å². The number of fused-ring (bicyclic) bond motifs is 1. The minimum absolute atomic E-state index is 0.721. The highest BCUT2D eigenvalue weighted by Crippen LogP contribution is 2.24. The van der Waals surface area contributed by atoms with Crippen molar-refractivity contribution in [3.63, 3.8) is 0 Å². The maximum atomic E-state index is 5.99. The summed E-state index contributed by atoms with van der Waals surface area (Å²) >= 11 is 5.99. The Morgan fingerprint density at radius 1 is 1.24 bits per heavy atom. The van der Waals surface area contributed by atoms with Crippen molar-refractivity contribution in [2.75, 3.05) is 0 Å². The summed E-state index contributed by atoms with van der Waals surface area (Å²) in [6.45, 7) is 0. The van der Waals surface area contributed by atoms with Gasteiger partial charge in [-0.25, -0.2) is 4.98 Å². The second-order valence-electron chi connectivity index (χ2n) is 3.87. The number of halogens is 1. The van der Waals surface area contributed by atoms with Gasteiger partial charge in [0.1, 0.15) is 5.82 Å². The lowest BCUT2D eigenvalue weighted by Crippen LogP contribution is -1.92. The third kappa shape index (κ3) is 1.68. The van der Waals surface area contributed by atoms with Crippen LogP contribution < -0.4 is 0 Å².